The monoisotopic (exact) mass is 473 g/mol. The minimum atomic E-state index is 0.127. The quantitative estimate of drug-likeness (QED) is 0.277. The van der Waals surface area contributed by atoms with Crippen LogP contribution in [0.25, 0.3) is 16.2 Å². The number of rotatable bonds is 2. The van der Waals surface area contributed by atoms with Crippen LogP contribution >= 0.6 is 33.9 Å². The van der Waals surface area contributed by atoms with Gasteiger partial charge in [-0.05, 0) is 63.6 Å². The van der Waals surface area contributed by atoms with E-state index in [1.54, 1.807) is 0 Å². The molecular weight excluding hydrogens is 453 g/mol. The van der Waals surface area contributed by atoms with Crippen LogP contribution in [-0.2, 0) is 6.42 Å². The molecule has 5 heteroatoms. The van der Waals surface area contributed by atoms with Gasteiger partial charge >= 0.3 is 0 Å². The van der Waals surface area contributed by atoms with Gasteiger partial charge in [0, 0.05) is 9.58 Å². The molecule has 0 saturated carbocycles. The minimum absolute atomic E-state index is 0.127. The Morgan fingerprint density at radius 2 is 1.73 bits per heavy atom. The molecule has 1 fully saturated rings. The average molecular weight is 473 g/mol. The highest BCUT2D eigenvalue weighted by atomic mass is 127. The lowest BCUT2D eigenvalue weighted by atomic mass is 10.0. The second-order valence-electron chi connectivity index (χ2n) is 6.77. The van der Waals surface area contributed by atoms with Crippen molar-refractivity contribution in [2.75, 3.05) is 0 Å². The van der Waals surface area contributed by atoms with Crippen LogP contribution in [-0.4, -0.2) is 4.17 Å². The first-order chi connectivity index (χ1) is 12.8. The zero-order valence-corrected chi connectivity index (χ0v) is 17.2. The van der Waals surface area contributed by atoms with Gasteiger partial charge in [0.05, 0.1) is 12.3 Å². The second kappa shape index (κ2) is 7.05. The summed E-state index contributed by atoms with van der Waals surface area (Å²) in [7, 11) is 0. The van der Waals surface area contributed by atoms with Gasteiger partial charge in [-0.3, -0.25) is 16.0 Å². The highest BCUT2D eigenvalue weighted by Gasteiger charge is 2.27. The van der Waals surface area contributed by atoms with Crippen molar-refractivity contribution in [3.05, 3.63) is 76.2 Å². The average Bonchev–Trinajstić information content (AvgIpc) is 3.06. The fraction of sp³-hybridized carbons (Fsp3) is 0.238. The van der Waals surface area contributed by atoms with Gasteiger partial charge in [-0.2, -0.15) is 0 Å². The molecule has 3 N–H and O–H groups in total. The lowest BCUT2D eigenvalue weighted by Crippen LogP contribution is -2.56. The first-order valence-electron chi connectivity index (χ1n) is 8.97. The van der Waals surface area contributed by atoms with E-state index in [9.17, 15) is 0 Å². The van der Waals surface area contributed by atoms with Gasteiger partial charge in [0.1, 0.15) is 4.17 Å². The summed E-state index contributed by atoms with van der Waals surface area (Å²) < 4.78 is 1.60. The highest BCUT2D eigenvalue weighted by Crippen LogP contribution is 2.37. The molecule has 3 atom stereocenters. The van der Waals surface area contributed by atoms with E-state index < -0.39 is 0 Å². The van der Waals surface area contributed by atoms with E-state index in [4.69, 9.17) is 0 Å². The lowest BCUT2D eigenvalue weighted by Gasteiger charge is -2.37. The van der Waals surface area contributed by atoms with E-state index in [0.717, 1.165) is 0 Å². The number of benzene rings is 2. The van der Waals surface area contributed by atoms with Crippen molar-refractivity contribution in [2.45, 2.75) is 29.3 Å². The number of aryl methyl sites for hydroxylation is 1. The Kier molecular flexibility index (Phi) is 4.58. The first-order valence-corrected chi connectivity index (χ1v) is 11.0. The molecule has 5 rings (SSSR count). The van der Waals surface area contributed by atoms with Crippen LogP contribution in [0.3, 0.4) is 0 Å². The Labute approximate surface area is 171 Å². The minimum Gasteiger partial charge on any atom is -0.279 e. The summed E-state index contributed by atoms with van der Waals surface area (Å²) in [6.07, 6.45) is 7.20. The van der Waals surface area contributed by atoms with Gasteiger partial charge in [-0.15, -0.1) is 11.3 Å². The number of hydrogen-bond acceptors (Lipinski definition) is 4. The fourth-order valence-electron chi connectivity index (χ4n) is 3.78. The first kappa shape index (κ1) is 16.9. The fourth-order valence-corrected chi connectivity index (χ4v) is 5.76. The van der Waals surface area contributed by atoms with Crippen molar-refractivity contribution in [3.8, 4) is 0 Å². The molecule has 1 aliphatic heterocycles. The molecule has 0 spiro atoms. The lowest BCUT2D eigenvalue weighted by molar-refractivity contribution is 0.258. The molecule has 3 unspecified atom stereocenters. The summed E-state index contributed by atoms with van der Waals surface area (Å²) in [5.74, 6) is 0. The van der Waals surface area contributed by atoms with E-state index in [0.29, 0.717) is 0 Å². The smallest absolute Gasteiger partial charge is 0.114 e. The number of fused-ring (bicyclic) bond motifs is 3. The number of nitrogens with one attached hydrogen (secondary N) is 3. The Morgan fingerprint density at radius 3 is 2.58 bits per heavy atom. The number of alkyl halides is 1. The Hall–Kier alpha value is -1.25. The molecule has 1 aromatic heterocycles. The van der Waals surface area contributed by atoms with Crippen LogP contribution in [0, 0.1) is 0 Å². The van der Waals surface area contributed by atoms with Gasteiger partial charge in [-0.25, -0.2) is 0 Å². The molecule has 3 nitrogen and oxygen atoms in total. The van der Waals surface area contributed by atoms with Crippen LogP contribution in [0.4, 0.5) is 0 Å². The van der Waals surface area contributed by atoms with E-state index in [-0.39, 0.29) is 16.5 Å². The van der Waals surface area contributed by atoms with Gasteiger partial charge in [-0.1, -0.05) is 54.6 Å². The van der Waals surface area contributed by atoms with Crippen LogP contribution < -0.4 is 16.0 Å². The SMILES string of the molecule is IC1NC(c2ccccc2)NC(c2ccc3c4c(sc3c2)CCC=C4)N1. The Bertz CT molecular complexity index is 966. The van der Waals surface area contributed by atoms with Crippen LogP contribution in [0.15, 0.2) is 54.6 Å². The molecular formula is C21H20IN3S. The number of halogens is 1. The van der Waals surface area contributed by atoms with Crippen molar-refractivity contribution in [1.82, 2.24) is 16.0 Å². The third-order valence-electron chi connectivity index (χ3n) is 5.08. The Balaban J connectivity index is 1.47. The molecule has 0 amide bonds. The van der Waals surface area contributed by atoms with Crippen LogP contribution in [0.1, 0.15) is 40.3 Å². The number of allylic oxidation sites excluding steroid dienone is 1. The molecule has 132 valence electrons. The second-order valence-corrected chi connectivity index (χ2v) is 9.16. The maximum atomic E-state index is 3.71. The molecule has 0 bridgehead atoms. The molecule has 2 heterocycles. The zero-order valence-electron chi connectivity index (χ0n) is 14.2. The third-order valence-corrected chi connectivity index (χ3v) is 7.02. The molecule has 26 heavy (non-hydrogen) atoms. The van der Waals surface area contributed by atoms with Gasteiger partial charge in [0.25, 0.3) is 0 Å². The van der Waals surface area contributed by atoms with Crippen molar-refractivity contribution < 1.29 is 0 Å². The van der Waals surface area contributed by atoms with Crippen molar-refractivity contribution >= 4 is 50.1 Å². The largest absolute Gasteiger partial charge is 0.279 e. The van der Waals surface area contributed by atoms with Crippen molar-refractivity contribution in [3.63, 3.8) is 0 Å². The van der Waals surface area contributed by atoms with Crippen molar-refractivity contribution in [2.24, 2.45) is 0 Å². The summed E-state index contributed by atoms with van der Waals surface area (Å²) in [4.78, 5) is 1.53. The summed E-state index contributed by atoms with van der Waals surface area (Å²) in [6.45, 7) is 0. The highest BCUT2D eigenvalue weighted by molar-refractivity contribution is 14.1. The molecule has 2 aliphatic rings. The van der Waals surface area contributed by atoms with E-state index in [2.05, 4.69) is 99.2 Å². The summed E-state index contributed by atoms with van der Waals surface area (Å²) >= 11 is 4.37. The van der Waals surface area contributed by atoms with E-state index in [1.807, 2.05) is 11.3 Å². The maximum absolute atomic E-state index is 3.71. The van der Waals surface area contributed by atoms with Crippen LogP contribution in [0.5, 0.6) is 0 Å². The standard InChI is InChI=1S/C21H20IN3S/c22-21-24-19(13-6-2-1-3-7-13)23-20(25-21)14-10-11-16-15-8-4-5-9-17(15)26-18(16)12-14/h1-4,6-8,10-12,19-21,23-25H,5,9H2. The Morgan fingerprint density at radius 1 is 0.923 bits per heavy atom. The molecule has 0 radical (unpaired) electrons. The predicted molar refractivity (Wildman–Crippen MR) is 118 cm³/mol. The molecule has 3 aromatic rings. The van der Waals surface area contributed by atoms with Gasteiger partial charge in [0.2, 0.25) is 0 Å². The van der Waals surface area contributed by atoms with Gasteiger partial charge < -0.3 is 0 Å². The summed E-state index contributed by atoms with van der Waals surface area (Å²) in [5.41, 5.74) is 3.99. The topological polar surface area (TPSA) is 36.1 Å². The van der Waals surface area contributed by atoms with Crippen LogP contribution in [0.2, 0.25) is 0 Å². The summed E-state index contributed by atoms with van der Waals surface area (Å²) in [6, 6.07) is 17.5. The summed E-state index contributed by atoms with van der Waals surface area (Å²) in [5, 5.41) is 12.3. The molecule has 1 aliphatic carbocycles. The molecule has 1 saturated heterocycles. The number of thiophene rings is 1. The van der Waals surface area contributed by atoms with E-state index >= 15 is 0 Å². The third kappa shape index (κ3) is 3.12. The molecule has 2 aromatic carbocycles. The van der Waals surface area contributed by atoms with Gasteiger partial charge in [0.15, 0.2) is 0 Å². The van der Waals surface area contributed by atoms with E-state index in [1.165, 1.54) is 44.5 Å². The maximum Gasteiger partial charge on any atom is 0.114 e. The predicted octanol–water partition coefficient (Wildman–Crippen LogP) is 5.06. The van der Waals surface area contributed by atoms with Crippen molar-refractivity contribution in [1.29, 1.82) is 0 Å². The zero-order chi connectivity index (χ0) is 17.5. The number of hydrogen-bond donors (Lipinski definition) is 3. The normalized spacial score (nSPS) is 25.3.